The van der Waals surface area contributed by atoms with Gasteiger partial charge in [0, 0.05) is 18.1 Å². The molecule has 0 saturated heterocycles. The highest BCUT2D eigenvalue weighted by molar-refractivity contribution is 6.06. The zero-order valence-corrected chi connectivity index (χ0v) is 12.3. The Hall–Kier alpha value is -2.68. The van der Waals surface area contributed by atoms with Crippen molar-refractivity contribution in [1.82, 2.24) is 0 Å². The topological polar surface area (TPSA) is 43.4 Å². The molecule has 1 atom stereocenters. The molecular weight excluding hydrogens is 276 g/mol. The van der Waals surface area contributed by atoms with Crippen LogP contribution in [0.4, 0.5) is 0 Å². The fraction of sp³-hybridized carbons (Fsp3) is 0.158. The number of carbonyl (C=O) groups is 2. The maximum absolute atomic E-state index is 12.1. The molecule has 2 aromatic carbocycles. The molecule has 3 nitrogen and oxygen atoms in total. The van der Waals surface area contributed by atoms with Crippen LogP contribution in [0.25, 0.3) is 5.57 Å². The average Bonchev–Trinajstić information content (AvgIpc) is 2.86. The summed E-state index contributed by atoms with van der Waals surface area (Å²) in [5.74, 6) is -0.440. The van der Waals surface area contributed by atoms with E-state index in [1.165, 1.54) is 6.92 Å². The zero-order chi connectivity index (χ0) is 15.6. The number of ketones is 1. The maximum Gasteiger partial charge on any atom is 0.303 e. The molecule has 0 N–H and O–H groups in total. The Kier molecular flexibility index (Phi) is 3.63. The van der Waals surface area contributed by atoms with E-state index in [0.717, 1.165) is 16.7 Å². The molecule has 110 valence electrons. The lowest BCUT2D eigenvalue weighted by Crippen LogP contribution is -2.31. The van der Waals surface area contributed by atoms with Gasteiger partial charge >= 0.3 is 5.97 Å². The Labute approximate surface area is 129 Å². The van der Waals surface area contributed by atoms with E-state index in [9.17, 15) is 9.59 Å². The Morgan fingerprint density at radius 2 is 1.59 bits per heavy atom. The molecular formula is C19H16O3. The van der Waals surface area contributed by atoms with Crippen LogP contribution in [0.3, 0.4) is 0 Å². The molecule has 0 aliphatic heterocycles. The molecule has 0 heterocycles. The molecule has 1 unspecified atom stereocenters. The van der Waals surface area contributed by atoms with Crippen molar-refractivity contribution < 1.29 is 14.3 Å². The van der Waals surface area contributed by atoms with E-state index in [-0.39, 0.29) is 12.2 Å². The number of rotatable bonds is 3. The maximum atomic E-state index is 12.1. The van der Waals surface area contributed by atoms with E-state index in [1.807, 2.05) is 60.7 Å². The van der Waals surface area contributed by atoms with Crippen molar-refractivity contribution in [2.24, 2.45) is 0 Å². The van der Waals surface area contributed by atoms with Gasteiger partial charge in [0.15, 0.2) is 11.4 Å². The molecule has 3 rings (SSSR count). The van der Waals surface area contributed by atoms with Gasteiger partial charge in [-0.25, -0.2) is 0 Å². The number of allylic oxidation sites excluding steroid dienone is 1. The molecule has 0 spiro atoms. The number of hydrogen-bond donors (Lipinski definition) is 0. The monoisotopic (exact) mass is 292 g/mol. The molecule has 2 aromatic rings. The summed E-state index contributed by atoms with van der Waals surface area (Å²) < 4.78 is 5.69. The minimum absolute atomic E-state index is 0.0380. The van der Waals surface area contributed by atoms with Crippen LogP contribution in [-0.2, 0) is 19.9 Å². The summed E-state index contributed by atoms with van der Waals surface area (Å²) in [6, 6.07) is 19.0. The fourth-order valence-electron chi connectivity index (χ4n) is 2.96. The number of hydrogen-bond acceptors (Lipinski definition) is 3. The predicted octanol–water partition coefficient (Wildman–Crippen LogP) is 3.50. The summed E-state index contributed by atoms with van der Waals surface area (Å²) in [4.78, 5) is 23.8. The van der Waals surface area contributed by atoms with Crippen molar-refractivity contribution in [3.8, 4) is 0 Å². The molecule has 1 aliphatic rings. The SMILES string of the molecule is CC(=O)OC1(c2ccccc2)CC(=O)C=C1c1ccccc1. The number of esters is 1. The zero-order valence-electron chi connectivity index (χ0n) is 12.3. The van der Waals surface area contributed by atoms with Gasteiger partial charge in [0.05, 0.1) is 6.42 Å². The third kappa shape index (κ3) is 2.46. The lowest BCUT2D eigenvalue weighted by Gasteiger charge is -2.32. The van der Waals surface area contributed by atoms with Crippen molar-refractivity contribution in [2.45, 2.75) is 18.9 Å². The quantitative estimate of drug-likeness (QED) is 0.813. The first-order valence-corrected chi connectivity index (χ1v) is 7.17. The van der Waals surface area contributed by atoms with Gasteiger partial charge in [-0.05, 0) is 11.6 Å². The van der Waals surface area contributed by atoms with Crippen LogP contribution in [0, 0.1) is 0 Å². The van der Waals surface area contributed by atoms with E-state index in [2.05, 4.69) is 0 Å². The van der Waals surface area contributed by atoms with Crippen LogP contribution < -0.4 is 0 Å². The van der Waals surface area contributed by atoms with Gasteiger partial charge in [-0.3, -0.25) is 9.59 Å². The summed E-state index contributed by atoms with van der Waals surface area (Å²) in [5, 5.41) is 0. The Morgan fingerprint density at radius 3 is 2.18 bits per heavy atom. The summed E-state index contributed by atoms with van der Waals surface area (Å²) in [6.45, 7) is 1.37. The molecule has 0 radical (unpaired) electrons. The lowest BCUT2D eigenvalue weighted by atomic mass is 9.83. The Balaban J connectivity index is 2.18. The van der Waals surface area contributed by atoms with Crippen LogP contribution in [0.15, 0.2) is 66.7 Å². The molecule has 3 heteroatoms. The van der Waals surface area contributed by atoms with Gasteiger partial charge in [0.1, 0.15) is 0 Å². The van der Waals surface area contributed by atoms with Crippen LogP contribution in [0.1, 0.15) is 24.5 Å². The third-order valence-electron chi connectivity index (χ3n) is 3.81. The van der Waals surface area contributed by atoms with E-state index in [0.29, 0.717) is 0 Å². The van der Waals surface area contributed by atoms with Gasteiger partial charge in [-0.2, -0.15) is 0 Å². The number of ether oxygens (including phenoxy) is 1. The van der Waals surface area contributed by atoms with Crippen LogP contribution in [0.2, 0.25) is 0 Å². The average molecular weight is 292 g/mol. The first-order chi connectivity index (χ1) is 10.6. The minimum Gasteiger partial charge on any atom is -0.449 e. The molecule has 0 fully saturated rings. The summed E-state index contributed by atoms with van der Waals surface area (Å²) in [7, 11) is 0. The van der Waals surface area contributed by atoms with Crippen molar-refractivity contribution >= 4 is 17.3 Å². The number of carbonyl (C=O) groups excluding carboxylic acids is 2. The van der Waals surface area contributed by atoms with E-state index >= 15 is 0 Å². The highest BCUT2D eigenvalue weighted by Crippen LogP contribution is 2.46. The van der Waals surface area contributed by atoms with Crippen LogP contribution in [-0.4, -0.2) is 11.8 Å². The summed E-state index contributed by atoms with van der Waals surface area (Å²) in [5.41, 5.74) is 1.40. The number of benzene rings is 2. The van der Waals surface area contributed by atoms with Gasteiger partial charge in [0.2, 0.25) is 0 Å². The van der Waals surface area contributed by atoms with Crippen LogP contribution in [0.5, 0.6) is 0 Å². The highest BCUT2D eigenvalue weighted by Gasteiger charge is 2.46. The Bertz CT molecular complexity index is 732. The molecule has 0 bridgehead atoms. The van der Waals surface area contributed by atoms with Crippen molar-refractivity contribution in [2.75, 3.05) is 0 Å². The molecule has 0 aromatic heterocycles. The van der Waals surface area contributed by atoms with Gasteiger partial charge in [-0.15, -0.1) is 0 Å². The van der Waals surface area contributed by atoms with E-state index in [1.54, 1.807) is 6.08 Å². The van der Waals surface area contributed by atoms with E-state index in [4.69, 9.17) is 4.74 Å². The molecule has 0 saturated carbocycles. The first kappa shape index (κ1) is 14.3. The molecule has 22 heavy (non-hydrogen) atoms. The second-order valence-corrected chi connectivity index (χ2v) is 5.35. The molecule has 1 aliphatic carbocycles. The third-order valence-corrected chi connectivity index (χ3v) is 3.81. The fourth-order valence-corrected chi connectivity index (χ4v) is 2.96. The van der Waals surface area contributed by atoms with Crippen LogP contribution >= 0.6 is 0 Å². The lowest BCUT2D eigenvalue weighted by molar-refractivity contribution is -0.153. The Morgan fingerprint density at radius 1 is 1.00 bits per heavy atom. The smallest absolute Gasteiger partial charge is 0.303 e. The second kappa shape index (κ2) is 5.60. The summed E-state index contributed by atoms with van der Waals surface area (Å²) >= 11 is 0. The minimum atomic E-state index is -1.04. The van der Waals surface area contributed by atoms with Gasteiger partial charge < -0.3 is 4.74 Å². The normalized spacial score (nSPS) is 20.6. The van der Waals surface area contributed by atoms with Crippen molar-refractivity contribution in [3.05, 3.63) is 77.9 Å². The summed E-state index contributed by atoms with van der Waals surface area (Å²) in [6.07, 6.45) is 1.73. The molecule has 0 amide bonds. The largest absolute Gasteiger partial charge is 0.449 e. The standard InChI is InChI=1S/C19H16O3/c1-14(20)22-19(16-10-6-3-7-11-16)13-17(21)12-18(19)15-8-4-2-5-9-15/h2-12H,13H2,1H3. The first-order valence-electron chi connectivity index (χ1n) is 7.17. The highest BCUT2D eigenvalue weighted by atomic mass is 16.6. The second-order valence-electron chi connectivity index (χ2n) is 5.35. The van der Waals surface area contributed by atoms with Gasteiger partial charge in [0.25, 0.3) is 0 Å². The van der Waals surface area contributed by atoms with Crippen molar-refractivity contribution in [3.63, 3.8) is 0 Å². The van der Waals surface area contributed by atoms with Gasteiger partial charge in [-0.1, -0.05) is 60.7 Å². The predicted molar refractivity (Wildman–Crippen MR) is 83.9 cm³/mol. The van der Waals surface area contributed by atoms with E-state index < -0.39 is 11.6 Å². The van der Waals surface area contributed by atoms with Crippen molar-refractivity contribution in [1.29, 1.82) is 0 Å².